The number of benzene rings is 1. The number of nitrogens with two attached hydrogens (primary N) is 1. The van der Waals surface area contributed by atoms with Crippen LogP contribution in [0.3, 0.4) is 0 Å². The summed E-state index contributed by atoms with van der Waals surface area (Å²) in [6.07, 6.45) is -4.41. The van der Waals surface area contributed by atoms with Crippen molar-refractivity contribution in [3.8, 4) is 0 Å². The minimum absolute atomic E-state index is 0.0984. The molecule has 0 aliphatic heterocycles. The lowest BCUT2D eigenvalue weighted by Crippen LogP contribution is -2.18. The van der Waals surface area contributed by atoms with Crippen molar-refractivity contribution >= 4 is 27.3 Å². The Morgan fingerprint density at radius 1 is 1.26 bits per heavy atom. The van der Waals surface area contributed by atoms with E-state index in [4.69, 9.17) is 5.73 Å². The second kappa shape index (κ2) is 5.26. The summed E-state index contributed by atoms with van der Waals surface area (Å²) in [6, 6.07) is 5.17. The van der Waals surface area contributed by atoms with Gasteiger partial charge in [0.25, 0.3) is 0 Å². The van der Waals surface area contributed by atoms with Crippen molar-refractivity contribution in [2.75, 3.05) is 0 Å². The number of rotatable bonds is 2. The van der Waals surface area contributed by atoms with Gasteiger partial charge in [-0.25, -0.2) is 0 Å². The quantitative estimate of drug-likeness (QED) is 0.820. The van der Waals surface area contributed by atoms with E-state index in [9.17, 15) is 13.2 Å². The SMILES string of the molecule is Cc1ccsc1C(N)c1ccc(Br)cc1C(F)(F)F. The number of hydrogen-bond donors (Lipinski definition) is 1. The molecule has 6 heteroatoms. The Hall–Kier alpha value is -0.850. The monoisotopic (exact) mass is 349 g/mol. The molecule has 0 aliphatic carbocycles. The average molecular weight is 350 g/mol. The number of hydrogen-bond acceptors (Lipinski definition) is 2. The molecule has 2 aromatic rings. The van der Waals surface area contributed by atoms with Crippen LogP contribution in [0.4, 0.5) is 13.2 Å². The van der Waals surface area contributed by atoms with Gasteiger partial charge in [-0.3, -0.25) is 0 Å². The van der Waals surface area contributed by atoms with E-state index in [1.54, 1.807) is 6.07 Å². The van der Waals surface area contributed by atoms with Crippen molar-refractivity contribution in [3.05, 3.63) is 55.7 Å². The third kappa shape index (κ3) is 3.01. The number of halogens is 4. The molecule has 1 atom stereocenters. The van der Waals surface area contributed by atoms with Crippen molar-refractivity contribution in [2.24, 2.45) is 5.73 Å². The third-order valence-electron chi connectivity index (χ3n) is 2.84. The second-order valence-corrected chi connectivity index (χ2v) is 6.04. The zero-order chi connectivity index (χ0) is 14.2. The molecule has 1 unspecified atom stereocenters. The molecule has 0 aliphatic rings. The Morgan fingerprint density at radius 2 is 1.95 bits per heavy atom. The maximum absolute atomic E-state index is 13.1. The molecule has 0 amide bonds. The maximum Gasteiger partial charge on any atom is 0.416 e. The normalized spacial score (nSPS) is 13.6. The Kier molecular flexibility index (Phi) is 4.03. The number of aryl methyl sites for hydroxylation is 1. The van der Waals surface area contributed by atoms with E-state index in [-0.39, 0.29) is 5.56 Å². The van der Waals surface area contributed by atoms with Crippen LogP contribution < -0.4 is 5.73 Å². The number of thiophene rings is 1. The number of alkyl halides is 3. The molecule has 0 bridgehead atoms. The zero-order valence-electron chi connectivity index (χ0n) is 9.96. The average Bonchev–Trinajstić information content (AvgIpc) is 2.73. The van der Waals surface area contributed by atoms with Crippen molar-refractivity contribution in [3.63, 3.8) is 0 Å². The highest BCUT2D eigenvalue weighted by Gasteiger charge is 2.35. The lowest BCUT2D eigenvalue weighted by atomic mass is 9.98. The Labute approximate surface area is 121 Å². The highest BCUT2D eigenvalue weighted by Crippen LogP contribution is 2.38. The first-order valence-corrected chi connectivity index (χ1v) is 7.14. The van der Waals surface area contributed by atoms with Crippen LogP contribution in [0, 0.1) is 6.92 Å². The third-order valence-corrected chi connectivity index (χ3v) is 4.44. The fraction of sp³-hybridized carbons (Fsp3) is 0.231. The molecule has 19 heavy (non-hydrogen) atoms. The molecule has 1 aromatic carbocycles. The van der Waals surface area contributed by atoms with Gasteiger partial charge in [0.1, 0.15) is 0 Å². The molecule has 1 heterocycles. The van der Waals surface area contributed by atoms with E-state index in [1.807, 2.05) is 18.4 Å². The second-order valence-electron chi connectivity index (χ2n) is 4.17. The van der Waals surface area contributed by atoms with Crippen LogP contribution in [-0.2, 0) is 6.18 Å². The van der Waals surface area contributed by atoms with Gasteiger partial charge in [0.05, 0.1) is 11.6 Å². The van der Waals surface area contributed by atoms with Gasteiger partial charge in [-0.2, -0.15) is 13.2 Å². The fourth-order valence-corrected chi connectivity index (χ4v) is 3.20. The van der Waals surface area contributed by atoms with Crippen molar-refractivity contribution < 1.29 is 13.2 Å². The van der Waals surface area contributed by atoms with Crippen LogP contribution in [-0.4, -0.2) is 0 Å². The predicted molar refractivity (Wildman–Crippen MR) is 74.2 cm³/mol. The molecule has 1 aromatic heterocycles. The lowest BCUT2D eigenvalue weighted by molar-refractivity contribution is -0.138. The van der Waals surface area contributed by atoms with Gasteiger partial charge in [0.2, 0.25) is 0 Å². The first kappa shape index (κ1) is 14.6. The minimum atomic E-state index is -4.41. The molecular weight excluding hydrogens is 339 g/mol. The highest BCUT2D eigenvalue weighted by molar-refractivity contribution is 9.10. The van der Waals surface area contributed by atoms with Gasteiger partial charge >= 0.3 is 6.18 Å². The minimum Gasteiger partial charge on any atom is -0.320 e. The van der Waals surface area contributed by atoms with E-state index in [1.165, 1.54) is 17.4 Å². The van der Waals surface area contributed by atoms with Crippen molar-refractivity contribution in [1.29, 1.82) is 0 Å². The van der Waals surface area contributed by atoms with Gasteiger partial charge in [-0.05, 0) is 41.6 Å². The van der Waals surface area contributed by atoms with E-state index < -0.39 is 17.8 Å². The van der Waals surface area contributed by atoms with Crippen LogP contribution >= 0.6 is 27.3 Å². The van der Waals surface area contributed by atoms with Gasteiger partial charge in [-0.15, -0.1) is 11.3 Å². The summed E-state index contributed by atoms with van der Waals surface area (Å²) in [6.45, 7) is 1.85. The first-order chi connectivity index (χ1) is 8.80. The maximum atomic E-state index is 13.1. The van der Waals surface area contributed by atoms with Gasteiger partial charge < -0.3 is 5.73 Å². The Bertz CT molecular complexity index is 592. The van der Waals surface area contributed by atoms with Crippen LogP contribution in [0.25, 0.3) is 0 Å². The van der Waals surface area contributed by atoms with Gasteiger partial charge in [0, 0.05) is 9.35 Å². The fourth-order valence-electron chi connectivity index (χ4n) is 1.89. The Balaban J connectivity index is 2.54. The van der Waals surface area contributed by atoms with E-state index in [0.717, 1.165) is 16.5 Å². The highest BCUT2D eigenvalue weighted by atomic mass is 79.9. The van der Waals surface area contributed by atoms with Crippen LogP contribution in [0.2, 0.25) is 0 Å². The van der Waals surface area contributed by atoms with Crippen LogP contribution in [0.1, 0.15) is 27.6 Å². The van der Waals surface area contributed by atoms with Crippen molar-refractivity contribution in [1.82, 2.24) is 0 Å². The molecule has 0 radical (unpaired) electrons. The predicted octanol–water partition coefficient (Wildman–Crippen LogP) is 4.89. The molecular formula is C13H11BrF3NS. The molecule has 2 N–H and O–H groups in total. The van der Waals surface area contributed by atoms with Crippen LogP contribution in [0.5, 0.6) is 0 Å². The largest absolute Gasteiger partial charge is 0.416 e. The molecule has 2 rings (SSSR count). The van der Waals surface area contributed by atoms with Gasteiger partial charge in [-0.1, -0.05) is 22.0 Å². The lowest BCUT2D eigenvalue weighted by Gasteiger charge is -2.18. The summed E-state index contributed by atoms with van der Waals surface area (Å²) in [5, 5.41) is 1.83. The molecule has 0 spiro atoms. The standard InChI is InChI=1S/C13H11BrF3NS/c1-7-4-5-19-12(7)11(18)9-3-2-8(14)6-10(9)13(15,16)17/h2-6,11H,18H2,1H3. The molecule has 0 saturated carbocycles. The summed E-state index contributed by atoms with van der Waals surface area (Å²) >= 11 is 4.43. The van der Waals surface area contributed by atoms with E-state index in [2.05, 4.69) is 15.9 Å². The summed E-state index contributed by atoms with van der Waals surface area (Å²) in [5.74, 6) is 0. The summed E-state index contributed by atoms with van der Waals surface area (Å²) in [5.41, 5.74) is 6.32. The summed E-state index contributed by atoms with van der Waals surface area (Å²) in [4.78, 5) is 0.757. The topological polar surface area (TPSA) is 26.0 Å². The van der Waals surface area contributed by atoms with E-state index in [0.29, 0.717) is 4.47 Å². The summed E-state index contributed by atoms with van der Waals surface area (Å²) in [7, 11) is 0. The van der Waals surface area contributed by atoms with E-state index >= 15 is 0 Å². The van der Waals surface area contributed by atoms with Gasteiger partial charge in [0.15, 0.2) is 0 Å². The van der Waals surface area contributed by atoms with Crippen LogP contribution in [0.15, 0.2) is 34.1 Å². The first-order valence-electron chi connectivity index (χ1n) is 5.47. The zero-order valence-corrected chi connectivity index (χ0v) is 12.4. The Morgan fingerprint density at radius 3 is 2.47 bits per heavy atom. The van der Waals surface area contributed by atoms with Crippen molar-refractivity contribution in [2.45, 2.75) is 19.1 Å². The molecule has 0 saturated heterocycles. The molecule has 1 nitrogen and oxygen atoms in total. The smallest absolute Gasteiger partial charge is 0.320 e. The molecule has 0 fully saturated rings. The summed E-state index contributed by atoms with van der Waals surface area (Å²) < 4.78 is 39.6. The molecule has 102 valence electrons.